The first kappa shape index (κ1) is 16.3. The number of hydrogen-bond donors (Lipinski definition) is 1. The van der Waals surface area contributed by atoms with Crippen LogP contribution < -0.4 is 0 Å². The van der Waals surface area contributed by atoms with Gasteiger partial charge in [0.15, 0.2) is 0 Å². The Morgan fingerprint density at radius 2 is 2.17 bits per heavy atom. The largest absolute Gasteiger partial charge is 0.481 e. The van der Waals surface area contributed by atoms with Crippen LogP contribution in [0.3, 0.4) is 0 Å². The molecule has 1 aliphatic rings. The molecule has 0 radical (unpaired) electrons. The molecule has 2 aromatic rings. The van der Waals surface area contributed by atoms with E-state index < -0.39 is 5.97 Å². The molecule has 122 valence electrons. The van der Waals surface area contributed by atoms with E-state index in [4.69, 9.17) is 4.42 Å². The predicted octanol–water partition coefficient (Wildman–Crippen LogP) is 4.39. The van der Waals surface area contributed by atoms with Crippen molar-refractivity contribution in [2.45, 2.75) is 32.4 Å². The quantitative estimate of drug-likeness (QED) is 0.857. The van der Waals surface area contributed by atoms with Crippen LogP contribution in [0.2, 0.25) is 0 Å². The number of carbonyl (C=O) groups is 1. The minimum Gasteiger partial charge on any atom is -0.481 e. The summed E-state index contributed by atoms with van der Waals surface area (Å²) in [6.07, 6.45) is 1.67. The number of carboxylic acid groups (broad SMARTS) is 1. The molecule has 1 aliphatic heterocycles. The molecule has 4 nitrogen and oxygen atoms in total. The van der Waals surface area contributed by atoms with Gasteiger partial charge in [-0.15, -0.1) is 0 Å². The van der Waals surface area contributed by atoms with Gasteiger partial charge >= 0.3 is 5.97 Å². The lowest BCUT2D eigenvalue weighted by atomic mass is 9.93. The molecule has 2 atom stereocenters. The highest BCUT2D eigenvalue weighted by Gasteiger charge is 2.30. The Bertz CT molecular complexity index is 697. The second kappa shape index (κ2) is 6.89. The normalized spacial score (nSPS) is 22.2. The van der Waals surface area contributed by atoms with E-state index in [9.17, 15) is 9.90 Å². The van der Waals surface area contributed by atoms with E-state index in [1.165, 1.54) is 0 Å². The third kappa shape index (κ3) is 3.85. The summed E-state index contributed by atoms with van der Waals surface area (Å²) in [7, 11) is 0. The van der Waals surface area contributed by atoms with Crippen LogP contribution in [0.1, 0.15) is 25.5 Å². The first-order valence-electron chi connectivity index (χ1n) is 7.84. The van der Waals surface area contributed by atoms with Crippen molar-refractivity contribution in [1.82, 2.24) is 4.90 Å². The highest BCUT2D eigenvalue weighted by molar-refractivity contribution is 9.10. The van der Waals surface area contributed by atoms with E-state index in [2.05, 4.69) is 27.8 Å². The molecule has 2 unspecified atom stereocenters. The summed E-state index contributed by atoms with van der Waals surface area (Å²) in [5.41, 5.74) is 1.03. The predicted molar refractivity (Wildman–Crippen MR) is 92.1 cm³/mol. The van der Waals surface area contributed by atoms with Gasteiger partial charge in [-0.1, -0.05) is 28.1 Å². The van der Waals surface area contributed by atoms with Gasteiger partial charge < -0.3 is 9.52 Å². The SMILES string of the molecule is CC1CCC(C(=O)O)CN1Cc1ccc(-c2cccc(Br)c2)o1. The number of furan rings is 1. The molecular formula is C18H20BrNO3. The van der Waals surface area contributed by atoms with Crippen molar-refractivity contribution in [3.8, 4) is 11.3 Å². The molecule has 5 heteroatoms. The van der Waals surface area contributed by atoms with Crippen LogP contribution in [0.4, 0.5) is 0 Å². The van der Waals surface area contributed by atoms with E-state index >= 15 is 0 Å². The topological polar surface area (TPSA) is 53.7 Å². The van der Waals surface area contributed by atoms with Crippen molar-refractivity contribution >= 4 is 21.9 Å². The molecule has 2 heterocycles. The molecule has 1 N–H and O–H groups in total. The zero-order valence-electron chi connectivity index (χ0n) is 13.0. The third-order valence-electron chi connectivity index (χ3n) is 4.49. The van der Waals surface area contributed by atoms with Gasteiger partial charge in [-0.05, 0) is 44.0 Å². The van der Waals surface area contributed by atoms with Gasteiger partial charge in [-0.3, -0.25) is 9.69 Å². The summed E-state index contributed by atoms with van der Waals surface area (Å²) in [6, 6.07) is 12.3. The van der Waals surface area contributed by atoms with Crippen molar-refractivity contribution in [3.63, 3.8) is 0 Å². The summed E-state index contributed by atoms with van der Waals surface area (Å²) in [6.45, 7) is 3.39. The molecule has 1 aromatic heterocycles. The lowest BCUT2D eigenvalue weighted by molar-refractivity contribution is -0.144. The van der Waals surface area contributed by atoms with Crippen LogP contribution in [-0.2, 0) is 11.3 Å². The van der Waals surface area contributed by atoms with E-state index in [0.717, 1.165) is 34.4 Å². The van der Waals surface area contributed by atoms with Gasteiger partial charge in [0, 0.05) is 22.6 Å². The lowest BCUT2D eigenvalue weighted by Crippen LogP contribution is -2.43. The van der Waals surface area contributed by atoms with Crippen molar-refractivity contribution in [1.29, 1.82) is 0 Å². The summed E-state index contributed by atoms with van der Waals surface area (Å²) >= 11 is 3.47. The summed E-state index contributed by atoms with van der Waals surface area (Å²) < 4.78 is 6.98. The van der Waals surface area contributed by atoms with E-state index in [0.29, 0.717) is 19.1 Å². The Balaban J connectivity index is 1.72. The fraction of sp³-hybridized carbons (Fsp3) is 0.389. The molecular weight excluding hydrogens is 358 g/mol. The summed E-state index contributed by atoms with van der Waals surface area (Å²) in [5, 5.41) is 9.23. The number of likely N-dealkylation sites (tertiary alicyclic amines) is 1. The minimum absolute atomic E-state index is 0.272. The maximum absolute atomic E-state index is 11.2. The number of piperidine rings is 1. The van der Waals surface area contributed by atoms with Gasteiger partial charge in [0.05, 0.1) is 12.5 Å². The maximum atomic E-state index is 11.2. The standard InChI is InChI=1S/C18H20BrNO3/c1-12-5-6-14(18(21)22)10-20(12)11-16-7-8-17(23-16)13-3-2-4-15(19)9-13/h2-4,7-9,12,14H,5-6,10-11H2,1H3,(H,21,22). The number of halogens is 1. The van der Waals surface area contributed by atoms with Crippen molar-refractivity contribution in [3.05, 3.63) is 46.6 Å². The highest BCUT2D eigenvalue weighted by Crippen LogP contribution is 2.28. The smallest absolute Gasteiger partial charge is 0.307 e. The zero-order valence-corrected chi connectivity index (χ0v) is 14.6. The summed E-state index contributed by atoms with van der Waals surface area (Å²) in [5.74, 6) is 0.737. The van der Waals surface area contributed by atoms with Gasteiger partial charge in [0.25, 0.3) is 0 Å². The molecule has 0 spiro atoms. The Labute approximate surface area is 144 Å². The molecule has 0 amide bonds. The minimum atomic E-state index is -0.698. The van der Waals surface area contributed by atoms with Crippen molar-refractivity contribution in [2.75, 3.05) is 6.54 Å². The average Bonchev–Trinajstić information content (AvgIpc) is 2.98. The monoisotopic (exact) mass is 377 g/mol. The van der Waals surface area contributed by atoms with E-state index in [1.54, 1.807) is 0 Å². The average molecular weight is 378 g/mol. The Morgan fingerprint density at radius 3 is 2.91 bits per heavy atom. The van der Waals surface area contributed by atoms with Crippen LogP contribution in [0.5, 0.6) is 0 Å². The molecule has 0 aliphatic carbocycles. The molecule has 1 fully saturated rings. The number of carboxylic acids is 1. The second-order valence-electron chi connectivity index (χ2n) is 6.17. The fourth-order valence-electron chi connectivity index (χ4n) is 3.06. The number of aliphatic carboxylic acids is 1. The van der Waals surface area contributed by atoms with Crippen molar-refractivity contribution in [2.24, 2.45) is 5.92 Å². The first-order chi connectivity index (χ1) is 11.0. The number of hydrogen-bond acceptors (Lipinski definition) is 3. The maximum Gasteiger partial charge on any atom is 0.307 e. The molecule has 0 bridgehead atoms. The molecule has 1 aromatic carbocycles. The first-order valence-corrected chi connectivity index (χ1v) is 8.63. The molecule has 23 heavy (non-hydrogen) atoms. The van der Waals surface area contributed by atoms with Crippen LogP contribution in [0.15, 0.2) is 45.3 Å². The number of benzene rings is 1. The van der Waals surface area contributed by atoms with Crippen molar-refractivity contribution < 1.29 is 14.3 Å². The van der Waals surface area contributed by atoms with Crippen LogP contribution in [0, 0.1) is 5.92 Å². The van der Waals surface area contributed by atoms with Gasteiger partial charge in [-0.2, -0.15) is 0 Å². The molecule has 1 saturated heterocycles. The fourth-order valence-corrected chi connectivity index (χ4v) is 3.46. The number of nitrogens with zero attached hydrogens (tertiary/aromatic N) is 1. The molecule has 3 rings (SSSR count). The van der Waals surface area contributed by atoms with Crippen LogP contribution in [-0.4, -0.2) is 28.6 Å². The van der Waals surface area contributed by atoms with E-state index in [-0.39, 0.29) is 5.92 Å². The number of rotatable bonds is 4. The Kier molecular flexibility index (Phi) is 4.87. The second-order valence-corrected chi connectivity index (χ2v) is 7.08. The molecule has 0 saturated carbocycles. The van der Waals surface area contributed by atoms with Gasteiger partial charge in [0.1, 0.15) is 11.5 Å². The Morgan fingerprint density at radius 1 is 1.35 bits per heavy atom. The highest BCUT2D eigenvalue weighted by atomic mass is 79.9. The summed E-state index contributed by atoms with van der Waals surface area (Å²) in [4.78, 5) is 13.4. The zero-order chi connectivity index (χ0) is 16.4. The third-order valence-corrected chi connectivity index (χ3v) is 4.98. The van der Waals surface area contributed by atoms with Gasteiger partial charge in [0.2, 0.25) is 0 Å². The lowest BCUT2D eigenvalue weighted by Gasteiger charge is -2.35. The van der Waals surface area contributed by atoms with E-state index in [1.807, 2.05) is 36.4 Å². The van der Waals surface area contributed by atoms with Crippen LogP contribution in [0.25, 0.3) is 11.3 Å². The van der Waals surface area contributed by atoms with Gasteiger partial charge in [-0.25, -0.2) is 0 Å². The Hall–Kier alpha value is -1.59. The van der Waals surface area contributed by atoms with Crippen LogP contribution >= 0.6 is 15.9 Å².